The molecule has 0 saturated carbocycles. The summed E-state index contributed by atoms with van der Waals surface area (Å²) in [5.41, 5.74) is 3.63. The predicted molar refractivity (Wildman–Crippen MR) is 95.6 cm³/mol. The number of ether oxygens (including phenoxy) is 2. The Kier molecular flexibility index (Phi) is 4.38. The molecule has 0 saturated heterocycles. The van der Waals surface area contributed by atoms with Gasteiger partial charge in [0.25, 0.3) is 0 Å². The first-order valence-electron chi connectivity index (χ1n) is 7.67. The molecule has 0 N–H and O–H groups in total. The zero-order chi connectivity index (χ0) is 17.1. The van der Waals surface area contributed by atoms with Gasteiger partial charge >= 0.3 is 6.09 Å². The van der Waals surface area contributed by atoms with Gasteiger partial charge in [0.05, 0.1) is 25.4 Å². The number of hydrogen-bond acceptors (Lipinski definition) is 3. The van der Waals surface area contributed by atoms with Crippen molar-refractivity contribution < 1.29 is 14.3 Å². The van der Waals surface area contributed by atoms with Crippen LogP contribution >= 0.6 is 0 Å². The first-order valence-corrected chi connectivity index (χ1v) is 7.67. The minimum Gasteiger partial charge on any atom is -0.497 e. The molecule has 0 atom stereocenters. The maximum Gasteiger partial charge on any atom is 0.418 e. The Morgan fingerprint density at radius 3 is 2.46 bits per heavy atom. The maximum absolute atomic E-state index is 12.5. The molecule has 4 heteroatoms. The summed E-state index contributed by atoms with van der Waals surface area (Å²) in [5, 5.41) is 1.02. The second kappa shape index (κ2) is 6.62. The largest absolute Gasteiger partial charge is 0.497 e. The van der Waals surface area contributed by atoms with Crippen molar-refractivity contribution in [3.05, 3.63) is 66.7 Å². The van der Waals surface area contributed by atoms with Gasteiger partial charge in [0, 0.05) is 5.39 Å². The van der Waals surface area contributed by atoms with Gasteiger partial charge in [0.15, 0.2) is 0 Å². The zero-order valence-corrected chi connectivity index (χ0v) is 13.8. The molecule has 24 heavy (non-hydrogen) atoms. The van der Waals surface area contributed by atoms with Gasteiger partial charge in [-0.2, -0.15) is 0 Å². The van der Waals surface area contributed by atoms with E-state index in [0.29, 0.717) is 6.42 Å². The van der Waals surface area contributed by atoms with Gasteiger partial charge in [-0.15, -0.1) is 6.58 Å². The van der Waals surface area contributed by atoms with Crippen molar-refractivity contribution in [2.45, 2.75) is 6.42 Å². The fourth-order valence-electron chi connectivity index (χ4n) is 2.99. The molecular formula is C20H19NO3. The van der Waals surface area contributed by atoms with E-state index in [2.05, 4.69) is 6.58 Å². The summed E-state index contributed by atoms with van der Waals surface area (Å²) in [7, 11) is 3.02. The van der Waals surface area contributed by atoms with Crippen molar-refractivity contribution in [1.29, 1.82) is 0 Å². The number of benzene rings is 2. The highest BCUT2D eigenvalue weighted by Crippen LogP contribution is 2.35. The highest BCUT2D eigenvalue weighted by Gasteiger charge is 2.22. The molecule has 0 aliphatic rings. The molecule has 0 spiro atoms. The fourth-order valence-corrected chi connectivity index (χ4v) is 2.99. The van der Waals surface area contributed by atoms with E-state index in [9.17, 15) is 4.79 Å². The van der Waals surface area contributed by atoms with Crippen LogP contribution < -0.4 is 4.74 Å². The number of para-hydroxylation sites is 1. The standard InChI is InChI=1S/C20H19NO3/c1-4-7-17-16-8-5-6-9-18(16)21(20(22)24-3)19(17)14-10-12-15(23-2)13-11-14/h4-6,8-13H,1,7H2,2-3H3. The lowest BCUT2D eigenvalue weighted by molar-refractivity contribution is 0.174. The first kappa shape index (κ1) is 15.9. The summed E-state index contributed by atoms with van der Waals surface area (Å²) in [6.45, 7) is 3.85. The Bertz CT molecular complexity index is 891. The van der Waals surface area contributed by atoms with Crippen molar-refractivity contribution in [3.63, 3.8) is 0 Å². The minimum atomic E-state index is -0.410. The third-order valence-corrected chi connectivity index (χ3v) is 4.05. The van der Waals surface area contributed by atoms with E-state index in [1.54, 1.807) is 11.7 Å². The van der Waals surface area contributed by atoms with E-state index in [0.717, 1.165) is 33.5 Å². The van der Waals surface area contributed by atoms with Crippen LogP contribution in [0.3, 0.4) is 0 Å². The van der Waals surface area contributed by atoms with Crippen molar-refractivity contribution in [1.82, 2.24) is 4.57 Å². The van der Waals surface area contributed by atoms with Crippen molar-refractivity contribution in [2.75, 3.05) is 14.2 Å². The summed E-state index contributed by atoms with van der Waals surface area (Å²) in [5.74, 6) is 0.768. The highest BCUT2D eigenvalue weighted by atomic mass is 16.5. The van der Waals surface area contributed by atoms with Crippen LogP contribution in [0.2, 0.25) is 0 Å². The molecule has 0 aliphatic heterocycles. The second-order valence-corrected chi connectivity index (χ2v) is 5.37. The van der Waals surface area contributed by atoms with Crippen LogP contribution in [-0.4, -0.2) is 24.9 Å². The quantitative estimate of drug-likeness (QED) is 0.656. The number of carbonyl (C=O) groups is 1. The maximum atomic E-state index is 12.5. The molecule has 4 nitrogen and oxygen atoms in total. The van der Waals surface area contributed by atoms with Crippen LogP contribution in [0, 0.1) is 0 Å². The molecule has 3 rings (SSSR count). The van der Waals surface area contributed by atoms with Crippen LogP contribution in [0.25, 0.3) is 22.2 Å². The van der Waals surface area contributed by atoms with Gasteiger partial charge in [-0.3, -0.25) is 0 Å². The molecule has 0 unspecified atom stereocenters. The minimum absolute atomic E-state index is 0.410. The lowest BCUT2D eigenvalue weighted by Crippen LogP contribution is -2.12. The summed E-state index contributed by atoms with van der Waals surface area (Å²) in [4.78, 5) is 12.5. The number of hydrogen-bond donors (Lipinski definition) is 0. The number of aromatic nitrogens is 1. The third kappa shape index (κ3) is 2.56. The third-order valence-electron chi connectivity index (χ3n) is 4.05. The molecule has 0 bridgehead atoms. The van der Waals surface area contributed by atoms with E-state index in [1.807, 2.05) is 54.6 Å². The van der Waals surface area contributed by atoms with E-state index in [-0.39, 0.29) is 0 Å². The molecular weight excluding hydrogens is 302 g/mol. The first-order chi connectivity index (χ1) is 11.7. The number of methoxy groups -OCH3 is 2. The van der Waals surface area contributed by atoms with Crippen LogP contribution in [0.4, 0.5) is 4.79 Å². The smallest absolute Gasteiger partial charge is 0.418 e. The summed E-state index contributed by atoms with van der Waals surface area (Å²) in [6.07, 6.45) is 2.09. The van der Waals surface area contributed by atoms with E-state index in [4.69, 9.17) is 9.47 Å². The summed E-state index contributed by atoms with van der Waals surface area (Å²) >= 11 is 0. The van der Waals surface area contributed by atoms with Gasteiger partial charge in [0.1, 0.15) is 5.75 Å². The molecule has 0 aliphatic carbocycles. The van der Waals surface area contributed by atoms with Gasteiger partial charge < -0.3 is 9.47 Å². The molecule has 0 amide bonds. The van der Waals surface area contributed by atoms with Gasteiger partial charge in [0.2, 0.25) is 0 Å². The van der Waals surface area contributed by atoms with Crippen molar-refractivity contribution >= 4 is 17.0 Å². The normalized spacial score (nSPS) is 10.6. The average Bonchev–Trinajstić information content (AvgIpc) is 2.96. The SMILES string of the molecule is C=CCc1c(-c2ccc(OC)cc2)n(C(=O)OC)c2ccccc12. The Labute approximate surface area is 140 Å². The zero-order valence-electron chi connectivity index (χ0n) is 13.8. The molecule has 0 radical (unpaired) electrons. The molecule has 3 aromatic rings. The Hall–Kier alpha value is -3.01. The average molecular weight is 321 g/mol. The van der Waals surface area contributed by atoms with Crippen LogP contribution in [0.5, 0.6) is 5.75 Å². The lowest BCUT2D eigenvalue weighted by atomic mass is 10.0. The van der Waals surface area contributed by atoms with Crippen LogP contribution in [-0.2, 0) is 11.2 Å². The molecule has 2 aromatic carbocycles. The van der Waals surface area contributed by atoms with Gasteiger partial charge in [-0.05, 0) is 47.9 Å². The Balaban J connectivity index is 2.35. The van der Waals surface area contributed by atoms with Gasteiger partial charge in [-0.1, -0.05) is 24.3 Å². The van der Waals surface area contributed by atoms with E-state index >= 15 is 0 Å². The monoisotopic (exact) mass is 321 g/mol. The number of nitrogens with zero attached hydrogens (tertiary/aromatic N) is 1. The highest BCUT2D eigenvalue weighted by molar-refractivity contribution is 5.99. The molecule has 122 valence electrons. The second-order valence-electron chi connectivity index (χ2n) is 5.37. The molecule has 1 aromatic heterocycles. The van der Waals surface area contributed by atoms with Crippen LogP contribution in [0.1, 0.15) is 5.56 Å². The van der Waals surface area contributed by atoms with Crippen LogP contribution in [0.15, 0.2) is 61.2 Å². The van der Waals surface area contributed by atoms with E-state index < -0.39 is 6.09 Å². The van der Waals surface area contributed by atoms with Crippen molar-refractivity contribution in [3.8, 4) is 17.0 Å². The predicted octanol–water partition coefficient (Wildman–Crippen LogP) is 4.66. The van der Waals surface area contributed by atoms with Crippen molar-refractivity contribution in [2.24, 2.45) is 0 Å². The topological polar surface area (TPSA) is 40.5 Å². The number of carbonyl (C=O) groups excluding carboxylic acids is 1. The Morgan fingerprint density at radius 1 is 1.12 bits per heavy atom. The lowest BCUT2D eigenvalue weighted by Gasteiger charge is -2.10. The fraction of sp³-hybridized carbons (Fsp3) is 0.150. The summed E-state index contributed by atoms with van der Waals surface area (Å²) < 4.78 is 11.9. The summed E-state index contributed by atoms with van der Waals surface area (Å²) in [6, 6.07) is 15.5. The number of fused-ring (bicyclic) bond motifs is 1. The Morgan fingerprint density at radius 2 is 1.83 bits per heavy atom. The van der Waals surface area contributed by atoms with E-state index in [1.165, 1.54) is 7.11 Å². The number of rotatable bonds is 4. The number of allylic oxidation sites excluding steroid dienone is 1. The molecule has 1 heterocycles. The molecule has 0 fully saturated rings. The van der Waals surface area contributed by atoms with Gasteiger partial charge in [-0.25, -0.2) is 9.36 Å².